The average molecular weight is 371 g/mol. The maximum atomic E-state index is 11.7. The van der Waals surface area contributed by atoms with Gasteiger partial charge in [0, 0.05) is 30.9 Å². The number of rotatable bonds is 8. The van der Waals surface area contributed by atoms with E-state index in [-0.39, 0.29) is 0 Å². The second kappa shape index (κ2) is 9.19. The highest BCUT2D eigenvalue weighted by Gasteiger charge is 2.10. The van der Waals surface area contributed by atoms with Crippen LogP contribution >= 0.6 is 0 Å². The van der Waals surface area contributed by atoms with Gasteiger partial charge in [-0.15, -0.1) is 0 Å². The smallest absolute Gasteiger partial charge is 0.252 e. The summed E-state index contributed by atoms with van der Waals surface area (Å²) in [5, 5.41) is 15.2. The third-order valence-corrected chi connectivity index (χ3v) is 4.25. The van der Waals surface area contributed by atoms with Crippen molar-refractivity contribution in [3.05, 3.63) is 83.6 Å². The Bertz CT molecular complexity index is 978. The minimum Gasteiger partial charge on any atom is -0.380 e. The van der Waals surface area contributed by atoms with Gasteiger partial charge >= 0.3 is 0 Å². The van der Waals surface area contributed by atoms with E-state index >= 15 is 0 Å². The fraction of sp³-hybridized carbons (Fsp3) is 0.136. The number of pyridine rings is 1. The van der Waals surface area contributed by atoms with Crippen LogP contribution in [-0.2, 0) is 13.0 Å². The van der Waals surface area contributed by atoms with Gasteiger partial charge in [-0.3, -0.25) is 4.79 Å². The predicted molar refractivity (Wildman–Crippen MR) is 110 cm³/mol. The molecule has 0 fully saturated rings. The Morgan fingerprint density at radius 2 is 1.82 bits per heavy atom. The van der Waals surface area contributed by atoms with Crippen molar-refractivity contribution in [2.45, 2.75) is 19.4 Å². The molecule has 0 unspecified atom stereocenters. The van der Waals surface area contributed by atoms with Gasteiger partial charge in [-0.1, -0.05) is 42.5 Å². The summed E-state index contributed by atoms with van der Waals surface area (Å²) in [4.78, 5) is 16.0. The molecule has 0 bridgehead atoms. The van der Waals surface area contributed by atoms with Crippen LogP contribution in [0.25, 0.3) is 0 Å². The summed E-state index contributed by atoms with van der Waals surface area (Å²) in [6.07, 6.45) is 2.70. The summed E-state index contributed by atoms with van der Waals surface area (Å²) < 4.78 is 0. The predicted octanol–water partition coefficient (Wildman–Crippen LogP) is 3.99. The number of nitrogens with two attached hydrogens (primary N) is 1. The van der Waals surface area contributed by atoms with Crippen molar-refractivity contribution in [1.29, 1.82) is 5.26 Å². The second-order valence-corrected chi connectivity index (χ2v) is 6.30. The molecule has 0 saturated carbocycles. The maximum absolute atomic E-state index is 11.7. The van der Waals surface area contributed by atoms with Crippen LogP contribution in [0.15, 0.2) is 66.9 Å². The van der Waals surface area contributed by atoms with Gasteiger partial charge in [-0.05, 0) is 29.7 Å². The second-order valence-electron chi connectivity index (χ2n) is 6.30. The van der Waals surface area contributed by atoms with Crippen molar-refractivity contribution in [3.63, 3.8) is 0 Å². The van der Waals surface area contributed by atoms with Crippen LogP contribution in [0.4, 0.5) is 17.2 Å². The molecule has 1 aromatic heterocycles. The molecule has 4 N–H and O–H groups in total. The molecule has 0 atom stereocenters. The third-order valence-electron chi connectivity index (χ3n) is 4.25. The number of primary amides is 1. The fourth-order valence-electron chi connectivity index (χ4n) is 2.76. The van der Waals surface area contributed by atoms with E-state index in [2.05, 4.69) is 21.7 Å². The van der Waals surface area contributed by atoms with E-state index in [0.717, 1.165) is 23.2 Å². The Balaban J connectivity index is 1.74. The molecule has 0 aliphatic heterocycles. The molecule has 0 aliphatic carbocycles. The first-order valence-electron chi connectivity index (χ1n) is 8.96. The van der Waals surface area contributed by atoms with Gasteiger partial charge in [0.1, 0.15) is 5.82 Å². The summed E-state index contributed by atoms with van der Waals surface area (Å²) in [7, 11) is 0. The van der Waals surface area contributed by atoms with Gasteiger partial charge in [0.05, 0.1) is 17.3 Å². The number of nitriles is 1. The number of aryl methyl sites for hydroxylation is 1. The van der Waals surface area contributed by atoms with Gasteiger partial charge < -0.3 is 16.4 Å². The van der Waals surface area contributed by atoms with Crippen LogP contribution in [-0.4, -0.2) is 10.9 Å². The molecule has 2 aromatic carbocycles. The number of hydrogen-bond donors (Lipinski definition) is 3. The number of hydrogen-bond acceptors (Lipinski definition) is 5. The molecule has 3 rings (SSSR count). The van der Waals surface area contributed by atoms with Crippen LogP contribution in [0.3, 0.4) is 0 Å². The number of amides is 1. The molecule has 140 valence electrons. The minimum absolute atomic E-state index is 0.341. The minimum atomic E-state index is -0.531. The van der Waals surface area contributed by atoms with E-state index in [4.69, 9.17) is 11.0 Å². The molecule has 0 aliphatic rings. The highest BCUT2D eigenvalue weighted by Crippen LogP contribution is 2.22. The number of nitrogens with zero attached hydrogens (tertiary/aromatic N) is 2. The zero-order chi connectivity index (χ0) is 19.8. The standard InChI is InChI=1S/C22H21N5O/c23-12-4-7-16-8-10-18(11-9-16)27-21-13-20(19(15-26-21)22(24)28)25-14-17-5-2-1-3-6-17/h1-3,5-6,8-11,13,15H,4,7,14H2,(H2,24,28)(H2,25,26,27). The summed E-state index contributed by atoms with van der Waals surface area (Å²) in [5.41, 5.74) is 9.52. The van der Waals surface area contributed by atoms with Gasteiger partial charge in [-0.2, -0.15) is 5.26 Å². The summed E-state index contributed by atoms with van der Waals surface area (Å²) in [6.45, 7) is 0.568. The Morgan fingerprint density at radius 1 is 1.07 bits per heavy atom. The Hall–Kier alpha value is -3.85. The van der Waals surface area contributed by atoms with Gasteiger partial charge in [0.15, 0.2) is 0 Å². The Labute approximate surface area is 164 Å². The monoisotopic (exact) mass is 371 g/mol. The molecule has 0 saturated heterocycles. The Kier molecular flexibility index (Phi) is 6.21. The SMILES string of the molecule is N#CCCc1ccc(Nc2cc(NCc3ccccc3)c(C(N)=O)cn2)cc1. The van der Waals surface area contributed by atoms with Crippen molar-refractivity contribution in [3.8, 4) is 6.07 Å². The van der Waals surface area contributed by atoms with Gasteiger partial charge in [-0.25, -0.2) is 4.98 Å². The van der Waals surface area contributed by atoms with E-state index < -0.39 is 5.91 Å². The number of carbonyl (C=O) groups is 1. The topological polar surface area (TPSA) is 104 Å². The van der Waals surface area contributed by atoms with Crippen molar-refractivity contribution in [2.24, 2.45) is 5.73 Å². The molecule has 1 amide bonds. The molecule has 6 heteroatoms. The van der Waals surface area contributed by atoms with Crippen molar-refractivity contribution < 1.29 is 4.79 Å². The number of nitrogens with one attached hydrogen (secondary N) is 2. The van der Waals surface area contributed by atoms with E-state index in [1.807, 2.05) is 54.6 Å². The first-order valence-corrected chi connectivity index (χ1v) is 8.96. The summed E-state index contributed by atoms with van der Waals surface area (Å²) >= 11 is 0. The maximum Gasteiger partial charge on any atom is 0.252 e. The lowest BCUT2D eigenvalue weighted by molar-refractivity contribution is 0.100. The normalized spacial score (nSPS) is 10.1. The van der Waals surface area contributed by atoms with Gasteiger partial charge in [0.2, 0.25) is 0 Å². The van der Waals surface area contributed by atoms with Crippen molar-refractivity contribution in [1.82, 2.24) is 4.98 Å². The molecule has 28 heavy (non-hydrogen) atoms. The van der Waals surface area contributed by atoms with E-state index in [1.54, 1.807) is 6.07 Å². The molecule has 3 aromatic rings. The highest BCUT2D eigenvalue weighted by molar-refractivity contribution is 5.98. The number of benzene rings is 2. The number of carbonyl (C=O) groups excluding carboxylic acids is 1. The lowest BCUT2D eigenvalue weighted by atomic mass is 10.1. The summed E-state index contributed by atoms with van der Waals surface area (Å²) in [5.74, 6) is 0.0711. The lowest BCUT2D eigenvalue weighted by Crippen LogP contribution is -2.15. The molecule has 0 spiro atoms. The van der Waals surface area contributed by atoms with E-state index in [9.17, 15) is 4.79 Å². The molecule has 1 heterocycles. The zero-order valence-electron chi connectivity index (χ0n) is 15.4. The van der Waals surface area contributed by atoms with Crippen LogP contribution in [0.5, 0.6) is 0 Å². The quantitative estimate of drug-likeness (QED) is 0.555. The lowest BCUT2D eigenvalue weighted by Gasteiger charge is -2.13. The molecular weight excluding hydrogens is 350 g/mol. The van der Waals surface area contributed by atoms with E-state index in [1.165, 1.54) is 6.20 Å². The molecule has 0 radical (unpaired) electrons. The molecular formula is C22H21N5O. The van der Waals surface area contributed by atoms with Crippen molar-refractivity contribution >= 4 is 23.1 Å². The Morgan fingerprint density at radius 3 is 2.50 bits per heavy atom. The van der Waals surface area contributed by atoms with E-state index in [0.29, 0.717) is 30.0 Å². The average Bonchev–Trinajstić information content (AvgIpc) is 2.72. The van der Waals surface area contributed by atoms with Crippen LogP contribution in [0, 0.1) is 11.3 Å². The largest absolute Gasteiger partial charge is 0.380 e. The fourth-order valence-corrected chi connectivity index (χ4v) is 2.76. The number of anilines is 3. The number of aromatic nitrogens is 1. The highest BCUT2D eigenvalue weighted by atomic mass is 16.1. The summed E-state index contributed by atoms with van der Waals surface area (Å²) in [6, 6.07) is 21.6. The molecule has 6 nitrogen and oxygen atoms in total. The van der Waals surface area contributed by atoms with Crippen molar-refractivity contribution in [2.75, 3.05) is 10.6 Å². The van der Waals surface area contributed by atoms with Crippen LogP contribution < -0.4 is 16.4 Å². The zero-order valence-corrected chi connectivity index (χ0v) is 15.4. The first kappa shape index (κ1) is 18.9. The third kappa shape index (κ3) is 5.08. The van der Waals surface area contributed by atoms with Crippen LogP contribution in [0.2, 0.25) is 0 Å². The van der Waals surface area contributed by atoms with Gasteiger partial charge in [0.25, 0.3) is 5.91 Å². The van der Waals surface area contributed by atoms with Crippen LogP contribution in [0.1, 0.15) is 27.9 Å². The first-order chi connectivity index (χ1) is 13.7.